The highest BCUT2D eigenvalue weighted by Crippen LogP contribution is 2.19. The third kappa shape index (κ3) is 4.21. The molecular formula is C16H21NO2. The van der Waals surface area contributed by atoms with Crippen molar-refractivity contribution in [1.29, 1.82) is 0 Å². The van der Waals surface area contributed by atoms with Gasteiger partial charge in [0, 0.05) is 6.08 Å². The zero-order valence-electron chi connectivity index (χ0n) is 11.6. The van der Waals surface area contributed by atoms with E-state index < -0.39 is 0 Å². The second kappa shape index (κ2) is 6.53. The molecule has 0 saturated heterocycles. The zero-order valence-corrected chi connectivity index (χ0v) is 11.6. The fourth-order valence-corrected chi connectivity index (χ4v) is 2.36. The Morgan fingerprint density at radius 1 is 1.32 bits per heavy atom. The SMILES string of the molecule is Cc1ccc(/C=C/C(=O)NOC2CCCC2)c(C)c1. The van der Waals surface area contributed by atoms with E-state index in [1.165, 1.54) is 30.0 Å². The lowest BCUT2D eigenvalue weighted by Crippen LogP contribution is -2.26. The monoisotopic (exact) mass is 259 g/mol. The highest BCUT2D eigenvalue weighted by atomic mass is 16.7. The molecule has 0 radical (unpaired) electrons. The molecule has 1 aromatic carbocycles. The Morgan fingerprint density at radius 2 is 2.05 bits per heavy atom. The Balaban J connectivity index is 1.85. The predicted molar refractivity (Wildman–Crippen MR) is 76.4 cm³/mol. The molecule has 0 atom stereocenters. The van der Waals surface area contributed by atoms with E-state index >= 15 is 0 Å². The van der Waals surface area contributed by atoms with Crippen LogP contribution < -0.4 is 5.48 Å². The predicted octanol–water partition coefficient (Wildman–Crippen LogP) is 3.31. The van der Waals surface area contributed by atoms with E-state index in [2.05, 4.69) is 18.5 Å². The van der Waals surface area contributed by atoms with E-state index in [-0.39, 0.29) is 12.0 Å². The van der Waals surface area contributed by atoms with E-state index in [9.17, 15) is 4.79 Å². The average Bonchev–Trinajstić information content (AvgIpc) is 2.88. The molecule has 0 bridgehead atoms. The molecule has 1 aliphatic carbocycles. The number of hydrogen-bond acceptors (Lipinski definition) is 2. The van der Waals surface area contributed by atoms with Crippen LogP contribution in [0.25, 0.3) is 6.08 Å². The second-order valence-corrected chi connectivity index (χ2v) is 5.18. The van der Waals surface area contributed by atoms with Crippen molar-refractivity contribution in [3.63, 3.8) is 0 Å². The number of carbonyl (C=O) groups is 1. The summed E-state index contributed by atoms with van der Waals surface area (Å²) in [5, 5.41) is 0. The summed E-state index contributed by atoms with van der Waals surface area (Å²) in [6.07, 6.45) is 8.01. The van der Waals surface area contributed by atoms with Crippen molar-refractivity contribution >= 4 is 12.0 Å². The largest absolute Gasteiger partial charge is 0.270 e. The molecule has 1 N–H and O–H groups in total. The minimum atomic E-state index is -0.202. The molecular weight excluding hydrogens is 238 g/mol. The molecule has 3 heteroatoms. The van der Waals surface area contributed by atoms with Crippen LogP contribution in [0, 0.1) is 13.8 Å². The fourth-order valence-electron chi connectivity index (χ4n) is 2.36. The number of aryl methyl sites for hydroxylation is 2. The van der Waals surface area contributed by atoms with Gasteiger partial charge in [-0.15, -0.1) is 0 Å². The Morgan fingerprint density at radius 3 is 2.74 bits per heavy atom. The van der Waals surface area contributed by atoms with E-state index in [1.807, 2.05) is 25.1 Å². The van der Waals surface area contributed by atoms with Crippen LogP contribution in [0.15, 0.2) is 24.3 Å². The Hall–Kier alpha value is -1.61. The summed E-state index contributed by atoms with van der Waals surface area (Å²) < 4.78 is 0. The number of hydroxylamine groups is 1. The van der Waals surface area contributed by atoms with Gasteiger partial charge in [-0.05, 0) is 43.9 Å². The minimum absolute atomic E-state index is 0.193. The minimum Gasteiger partial charge on any atom is -0.270 e. The zero-order chi connectivity index (χ0) is 13.7. The van der Waals surface area contributed by atoms with Crippen molar-refractivity contribution in [1.82, 2.24) is 5.48 Å². The van der Waals surface area contributed by atoms with Gasteiger partial charge in [0.05, 0.1) is 6.10 Å². The van der Waals surface area contributed by atoms with Crippen LogP contribution in [-0.4, -0.2) is 12.0 Å². The van der Waals surface area contributed by atoms with Crippen LogP contribution in [0.2, 0.25) is 0 Å². The summed E-state index contributed by atoms with van der Waals surface area (Å²) in [4.78, 5) is 17.0. The van der Waals surface area contributed by atoms with Crippen LogP contribution in [0.1, 0.15) is 42.4 Å². The average molecular weight is 259 g/mol. The lowest BCUT2D eigenvalue weighted by molar-refractivity contribution is -0.132. The lowest BCUT2D eigenvalue weighted by Gasteiger charge is -2.09. The van der Waals surface area contributed by atoms with Crippen LogP contribution >= 0.6 is 0 Å². The molecule has 19 heavy (non-hydrogen) atoms. The Bertz CT molecular complexity index is 474. The molecule has 0 spiro atoms. The maximum atomic E-state index is 11.6. The standard InChI is InChI=1S/C16H21NO2/c1-12-7-8-14(13(2)11-12)9-10-16(18)17-19-15-5-3-4-6-15/h7-11,15H,3-6H2,1-2H3,(H,17,18)/b10-9+. The first kappa shape index (κ1) is 13.8. The summed E-state index contributed by atoms with van der Waals surface area (Å²) in [6, 6.07) is 6.17. The number of hydrogen-bond donors (Lipinski definition) is 1. The lowest BCUT2D eigenvalue weighted by atomic mass is 10.1. The summed E-state index contributed by atoms with van der Waals surface area (Å²) in [7, 11) is 0. The second-order valence-electron chi connectivity index (χ2n) is 5.18. The van der Waals surface area contributed by atoms with Crippen molar-refractivity contribution in [2.75, 3.05) is 0 Å². The third-order valence-electron chi connectivity index (χ3n) is 3.47. The first-order valence-corrected chi connectivity index (χ1v) is 6.86. The van der Waals surface area contributed by atoms with E-state index in [0.717, 1.165) is 18.4 Å². The molecule has 1 aliphatic rings. The summed E-state index contributed by atoms with van der Waals surface area (Å²) in [6.45, 7) is 4.10. The Labute approximate surface area is 114 Å². The van der Waals surface area contributed by atoms with E-state index in [4.69, 9.17) is 4.84 Å². The van der Waals surface area contributed by atoms with Gasteiger partial charge in [-0.2, -0.15) is 0 Å². The number of benzene rings is 1. The van der Waals surface area contributed by atoms with Gasteiger partial charge < -0.3 is 0 Å². The van der Waals surface area contributed by atoms with Gasteiger partial charge in [-0.3, -0.25) is 9.63 Å². The van der Waals surface area contributed by atoms with Crippen LogP contribution in [0.5, 0.6) is 0 Å². The van der Waals surface area contributed by atoms with Crippen molar-refractivity contribution in [3.05, 3.63) is 41.0 Å². The van der Waals surface area contributed by atoms with Gasteiger partial charge >= 0.3 is 0 Å². The first-order valence-electron chi connectivity index (χ1n) is 6.86. The van der Waals surface area contributed by atoms with Crippen LogP contribution in [0.3, 0.4) is 0 Å². The molecule has 1 fully saturated rings. The third-order valence-corrected chi connectivity index (χ3v) is 3.47. The maximum absolute atomic E-state index is 11.6. The highest BCUT2D eigenvalue weighted by molar-refractivity contribution is 5.91. The molecule has 1 aromatic rings. The van der Waals surface area contributed by atoms with Gasteiger partial charge in [-0.1, -0.05) is 36.6 Å². The molecule has 1 saturated carbocycles. The number of amides is 1. The summed E-state index contributed by atoms with van der Waals surface area (Å²) in [5.74, 6) is -0.202. The number of carbonyl (C=O) groups excluding carboxylic acids is 1. The Kier molecular flexibility index (Phi) is 4.74. The fraction of sp³-hybridized carbons (Fsp3) is 0.438. The van der Waals surface area contributed by atoms with Gasteiger partial charge in [0.25, 0.3) is 5.91 Å². The van der Waals surface area contributed by atoms with Gasteiger partial charge in [-0.25, -0.2) is 5.48 Å². The molecule has 0 aromatic heterocycles. The van der Waals surface area contributed by atoms with Crippen molar-refractivity contribution in [3.8, 4) is 0 Å². The highest BCUT2D eigenvalue weighted by Gasteiger charge is 2.16. The van der Waals surface area contributed by atoms with Crippen LogP contribution in [0.4, 0.5) is 0 Å². The molecule has 0 aliphatic heterocycles. The summed E-state index contributed by atoms with van der Waals surface area (Å²) >= 11 is 0. The normalized spacial score (nSPS) is 16.1. The van der Waals surface area contributed by atoms with Gasteiger partial charge in [0.15, 0.2) is 0 Å². The molecule has 1 amide bonds. The van der Waals surface area contributed by atoms with Gasteiger partial charge in [0.2, 0.25) is 0 Å². The quantitative estimate of drug-likeness (QED) is 0.665. The summed E-state index contributed by atoms with van der Waals surface area (Å²) in [5.41, 5.74) is 5.95. The van der Waals surface area contributed by atoms with Crippen molar-refractivity contribution < 1.29 is 9.63 Å². The molecule has 3 nitrogen and oxygen atoms in total. The van der Waals surface area contributed by atoms with E-state index in [1.54, 1.807) is 0 Å². The smallest absolute Gasteiger partial charge is 0.267 e. The van der Waals surface area contributed by atoms with Gasteiger partial charge in [0.1, 0.15) is 0 Å². The van der Waals surface area contributed by atoms with Crippen molar-refractivity contribution in [2.24, 2.45) is 0 Å². The van der Waals surface area contributed by atoms with E-state index in [0.29, 0.717) is 0 Å². The number of rotatable bonds is 4. The maximum Gasteiger partial charge on any atom is 0.267 e. The van der Waals surface area contributed by atoms with Crippen LogP contribution in [-0.2, 0) is 9.63 Å². The molecule has 0 heterocycles. The topological polar surface area (TPSA) is 38.3 Å². The molecule has 0 unspecified atom stereocenters. The number of nitrogens with one attached hydrogen (secondary N) is 1. The van der Waals surface area contributed by atoms with Crippen molar-refractivity contribution in [2.45, 2.75) is 45.6 Å². The first-order chi connectivity index (χ1) is 9.15. The molecule has 102 valence electrons. The molecule has 2 rings (SSSR count).